The molecular weight excluding hydrogens is 312 g/mol. The fourth-order valence-electron chi connectivity index (χ4n) is 2.32. The van der Waals surface area contributed by atoms with E-state index in [4.69, 9.17) is 0 Å². The lowest BCUT2D eigenvalue weighted by molar-refractivity contribution is -0.384. The van der Waals surface area contributed by atoms with Gasteiger partial charge in [-0.2, -0.15) is 4.31 Å². The number of fused-ring (bicyclic) bond motifs is 1. The molecule has 0 bridgehead atoms. The van der Waals surface area contributed by atoms with E-state index in [1.165, 1.54) is 33.4 Å². The molecule has 0 atom stereocenters. The monoisotopic (exact) mass is 324 g/mol. The van der Waals surface area contributed by atoms with Gasteiger partial charge in [0.25, 0.3) is 5.69 Å². The highest BCUT2D eigenvalue weighted by Crippen LogP contribution is 2.28. The third-order valence-electron chi connectivity index (χ3n) is 3.46. The summed E-state index contributed by atoms with van der Waals surface area (Å²) in [5.74, 6) is 0. The summed E-state index contributed by atoms with van der Waals surface area (Å²) in [6.07, 6.45) is 0.708. The molecule has 0 radical (unpaired) electrons. The molecule has 6 nitrogen and oxygen atoms in total. The lowest BCUT2D eigenvalue weighted by atomic mass is 10.1. The minimum Gasteiger partial charge on any atom is -0.258 e. The summed E-state index contributed by atoms with van der Waals surface area (Å²) in [5, 5.41) is 12.6. The normalized spacial score (nSPS) is 15.6. The van der Waals surface area contributed by atoms with Gasteiger partial charge in [0.15, 0.2) is 0 Å². The number of hydrogen-bond acceptors (Lipinski definition) is 5. The number of rotatable bonds is 3. The summed E-state index contributed by atoms with van der Waals surface area (Å²) >= 11 is 1.64. The predicted octanol–water partition coefficient (Wildman–Crippen LogP) is 2.40. The van der Waals surface area contributed by atoms with E-state index in [1.54, 1.807) is 11.3 Å². The molecule has 0 fully saturated rings. The SMILES string of the molecule is O=[N+]([O-])c1ccc(S(=O)(=O)N2CCc3sccc3C2)cc1. The van der Waals surface area contributed by atoms with Crippen LogP contribution in [0.15, 0.2) is 40.6 Å². The minimum absolute atomic E-state index is 0.0896. The zero-order chi connectivity index (χ0) is 15.0. The van der Waals surface area contributed by atoms with Gasteiger partial charge in [-0.05, 0) is 35.6 Å². The number of nitro groups is 1. The molecule has 0 saturated carbocycles. The van der Waals surface area contributed by atoms with Crippen LogP contribution in [0.4, 0.5) is 5.69 Å². The predicted molar refractivity (Wildman–Crippen MR) is 78.7 cm³/mol. The van der Waals surface area contributed by atoms with E-state index in [0.717, 1.165) is 5.56 Å². The average Bonchev–Trinajstić information content (AvgIpc) is 2.94. The smallest absolute Gasteiger partial charge is 0.258 e. The largest absolute Gasteiger partial charge is 0.269 e. The molecule has 0 N–H and O–H groups in total. The number of thiophene rings is 1. The topological polar surface area (TPSA) is 80.5 Å². The highest BCUT2D eigenvalue weighted by molar-refractivity contribution is 7.89. The first-order valence-electron chi connectivity index (χ1n) is 6.28. The van der Waals surface area contributed by atoms with Crippen molar-refractivity contribution in [2.45, 2.75) is 17.9 Å². The third kappa shape index (κ3) is 2.57. The lowest BCUT2D eigenvalue weighted by Gasteiger charge is -2.26. The van der Waals surface area contributed by atoms with E-state index in [1.807, 2.05) is 11.4 Å². The molecule has 8 heteroatoms. The summed E-state index contributed by atoms with van der Waals surface area (Å²) in [5.41, 5.74) is 0.921. The van der Waals surface area contributed by atoms with E-state index in [2.05, 4.69) is 0 Å². The number of sulfonamides is 1. The van der Waals surface area contributed by atoms with Crippen LogP contribution in [0.5, 0.6) is 0 Å². The number of non-ortho nitro benzene ring substituents is 1. The van der Waals surface area contributed by atoms with Crippen LogP contribution in [0.25, 0.3) is 0 Å². The molecule has 0 unspecified atom stereocenters. The highest BCUT2D eigenvalue weighted by atomic mass is 32.2. The Kier molecular flexibility index (Phi) is 3.52. The Hall–Kier alpha value is -1.77. The highest BCUT2D eigenvalue weighted by Gasteiger charge is 2.29. The molecule has 0 amide bonds. The molecule has 2 heterocycles. The summed E-state index contributed by atoms with van der Waals surface area (Å²) in [6, 6.07) is 6.95. The van der Waals surface area contributed by atoms with Crippen LogP contribution in [-0.4, -0.2) is 24.2 Å². The van der Waals surface area contributed by atoms with Crippen LogP contribution in [0.2, 0.25) is 0 Å². The number of nitro benzene ring substituents is 1. The first-order valence-corrected chi connectivity index (χ1v) is 8.60. The van der Waals surface area contributed by atoms with Gasteiger partial charge in [-0.1, -0.05) is 0 Å². The molecule has 21 heavy (non-hydrogen) atoms. The Balaban J connectivity index is 1.89. The molecular formula is C13H12N2O4S2. The number of benzene rings is 1. The Labute approximate surface area is 125 Å². The fraction of sp³-hybridized carbons (Fsp3) is 0.231. The molecule has 2 aromatic rings. The Morgan fingerprint density at radius 2 is 1.90 bits per heavy atom. The van der Waals surface area contributed by atoms with Crippen LogP contribution in [-0.2, 0) is 23.0 Å². The maximum Gasteiger partial charge on any atom is 0.269 e. The summed E-state index contributed by atoms with van der Waals surface area (Å²) in [4.78, 5) is 11.4. The van der Waals surface area contributed by atoms with Crippen molar-refractivity contribution in [2.24, 2.45) is 0 Å². The average molecular weight is 324 g/mol. The van der Waals surface area contributed by atoms with Crippen molar-refractivity contribution < 1.29 is 13.3 Å². The second kappa shape index (κ2) is 5.21. The van der Waals surface area contributed by atoms with Crippen molar-refractivity contribution in [3.63, 3.8) is 0 Å². The van der Waals surface area contributed by atoms with Crippen molar-refractivity contribution in [1.29, 1.82) is 0 Å². The quantitative estimate of drug-likeness (QED) is 0.641. The van der Waals surface area contributed by atoms with Crippen LogP contribution in [0.1, 0.15) is 10.4 Å². The van der Waals surface area contributed by atoms with Gasteiger partial charge in [0.2, 0.25) is 10.0 Å². The van der Waals surface area contributed by atoms with E-state index in [0.29, 0.717) is 19.5 Å². The van der Waals surface area contributed by atoms with Gasteiger partial charge >= 0.3 is 0 Å². The van der Waals surface area contributed by atoms with Gasteiger partial charge < -0.3 is 0 Å². The van der Waals surface area contributed by atoms with E-state index in [-0.39, 0.29) is 10.6 Å². The Morgan fingerprint density at radius 3 is 2.57 bits per heavy atom. The second-order valence-corrected chi connectivity index (χ2v) is 7.65. The molecule has 3 rings (SSSR count). The van der Waals surface area contributed by atoms with Gasteiger partial charge in [-0.25, -0.2) is 8.42 Å². The summed E-state index contributed by atoms with van der Waals surface area (Å²) < 4.78 is 26.5. The van der Waals surface area contributed by atoms with Crippen LogP contribution < -0.4 is 0 Å². The Morgan fingerprint density at radius 1 is 1.19 bits per heavy atom. The lowest BCUT2D eigenvalue weighted by Crippen LogP contribution is -2.35. The van der Waals surface area contributed by atoms with Crippen molar-refractivity contribution in [1.82, 2.24) is 4.31 Å². The second-order valence-electron chi connectivity index (χ2n) is 4.71. The molecule has 110 valence electrons. The Bertz CT molecular complexity index is 781. The third-order valence-corrected chi connectivity index (χ3v) is 6.34. The molecule has 0 aliphatic carbocycles. The van der Waals surface area contributed by atoms with E-state index in [9.17, 15) is 18.5 Å². The van der Waals surface area contributed by atoms with Gasteiger partial charge in [0, 0.05) is 30.1 Å². The van der Waals surface area contributed by atoms with Crippen molar-refractivity contribution >= 4 is 27.0 Å². The molecule has 0 saturated heterocycles. The number of hydrogen-bond donors (Lipinski definition) is 0. The van der Waals surface area contributed by atoms with Gasteiger partial charge in [0.05, 0.1) is 9.82 Å². The molecule has 0 spiro atoms. The van der Waals surface area contributed by atoms with Gasteiger partial charge in [-0.15, -0.1) is 11.3 Å². The zero-order valence-corrected chi connectivity index (χ0v) is 12.6. The maximum atomic E-state index is 12.6. The van der Waals surface area contributed by atoms with E-state index >= 15 is 0 Å². The first kappa shape index (κ1) is 14.2. The van der Waals surface area contributed by atoms with Crippen LogP contribution in [0.3, 0.4) is 0 Å². The van der Waals surface area contributed by atoms with Crippen LogP contribution in [0, 0.1) is 10.1 Å². The number of nitrogens with zero attached hydrogens (tertiary/aromatic N) is 2. The summed E-state index contributed by atoms with van der Waals surface area (Å²) in [6.45, 7) is 0.797. The summed E-state index contributed by atoms with van der Waals surface area (Å²) in [7, 11) is -3.61. The minimum atomic E-state index is -3.61. The standard InChI is InChI=1S/C13H12N2O4S2/c16-15(17)11-1-3-12(4-2-11)21(18,19)14-7-5-13-10(9-14)6-8-20-13/h1-4,6,8H,5,7,9H2. The van der Waals surface area contributed by atoms with Crippen molar-refractivity contribution in [2.75, 3.05) is 6.54 Å². The molecule has 1 aromatic heterocycles. The molecule has 1 aliphatic rings. The fourth-order valence-corrected chi connectivity index (χ4v) is 4.63. The first-order chi connectivity index (χ1) is 9.98. The van der Waals surface area contributed by atoms with Crippen molar-refractivity contribution in [3.05, 3.63) is 56.3 Å². The molecule has 1 aromatic carbocycles. The van der Waals surface area contributed by atoms with Gasteiger partial charge in [-0.3, -0.25) is 10.1 Å². The van der Waals surface area contributed by atoms with Crippen molar-refractivity contribution in [3.8, 4) is 0 Å². The molecule has 1 aliphatic heterocycles. The van der Waals surface area contributed by atoms with E-state index < -0.39 is 14.9 Å². The van der Waals surface area contributed by atoms with Crippen LogP contribution >= 0.6 is 11.3 Å². The zero-order valence-electron chi connectivity index (χ0n) is 10.9. The maximum absolute atomic E-state index is 12.6. The van der Waals surface area contributed by atoms with Gasteiger partial charge in [0.1, 0.15) is 0 Å².